The molecule has 0 spiro atoms. The van der Waals surface area contributed by atoms with Crippen LogP contribution in [0.2, 0.25) is 0 Å². The largest absolute Gasteiger partial charge is 0.369 e. The summed E-state index contributed by atoms with van der Waals surface area (Å²) in [5.74, 6) is -0.0118. The van der Waals surface area contributed by atoms with Crippen molar-refractivity contribution in [2.45, 2.75) is 13.8 Å². The van der Waals surface area contributed by atoms with Crippen molar-refractivity contribution in [3.8, 4) is 5.69 Å². The van der Waals surface area contributed by atoms with Gasteiger partial charge in [-0.05, 0) is 49.2 Å². The second kappa shape index (κ2) is 4.09. The summed E-state index contributed by atoms with van der Waals surface area (Å²) in [4.78, 5) is 4.30. The van der Waals surface area contributed by atoms with Crippen molar-refractivity contribution < 1.29 is 4.39 Å². The van der Waals surface area contributed by atoms with E-state index >= 15 is 0 Å². The third-order valence-electron chi connectivity index (χ3n) is 3.18. The van der Waals surface area contributed by atoms with Gasteiger partial charge >= 0.3 is 0 Å². The standard InChI is InChI=1S/C15H14FN3/c1-9-4-6-13-12(7-9)18-15(17)19(13)14-8-10(2)3-5-11(14)16/h3-8H,1-2H3,(H2,17,18). The first kappa shape index (κ1) is 11.7. The normalized spacial score (nSPS) is 11.1. The van der Waals surface area contributed by atoms with Crippen molar-refractivity contribution in [3.63, 3.8) is 0 Å². The molecule has 0 atom stereocenters. The number of imidazole rings is 1. The van der Waals surface area contributed by atoms with Gasteiger partial charge in [-0.2, -0.15) is 0 Å². The van der Waals surface area contributed by atoms with E-state index in [0.29, 0.717) is 11.6 Å². The highest BCUT2D eigenvalue weighted by molar-refractivity contribution is 5.81. The van der Waals surface area contributed by atoms with Crippen LogP contribution in [0.5, 0.6) is 0 Å². The summed E-state index contributed by atoms with van der Waals surface area (Å²) in [5, 5.41) is 0. The quantitative estimate of drug-likeness (QED) is 0.724. The summed E-state index contributed by atoms with van der Waals surface area (Å²) in [7, 11) is 0. The SMILES string of the molecule is Cc1ccc(F)c(-n2c(N)nc3cc(C)ccc32)c1. The lowest BCUT2D eigenvalue weighted by Crippen LogP contribution is -2.03. The molecule has 0 aliphatic rings. The minimum atomic E-state index is -0.308. The lowest BCUT2D eigenvalue weighted by atomic mass is 10.2. The predicted octanol–water partition coefficient (Wildman–Crippen LogP) is 3.36. The summed E-state index contributed by atoms with van der Waals surface area (Å²) in [5.41, 5.74) is 10.0. The van der Waals surface area contributed by atoms with E-state index in [1.807, 2.05) is 32.0 Å². The van der Waals surface area contributed by atoms with E-state index in [2.05, 4.69) is 4.98 Å². The smallest absolute Gasteiger partial charge is 0.206 e. The third-order valence-corrected chi connectivity index (χ3v) is 3.18. The molecule has 1 aromatic heterocycles. The van der Waals surface area contributed by atoms with Crippen molar-refractivity contribution in [3.05, 3.63) is 53.3 Å². The molecule has 3 rings (SSSR count). The van der Waals surface area contributed by atoms with Gasteiger partial charge in [0, 0.05) is 0 Å². The van der Waals surface area contributed by atoms with Crippen LogP contribution < -0.4 is 5.73 Å². The Hall–Kier alpha value is -2.36. The number of hydrogen-bond acceptors (Lipinski definition) is 2. The monoisotopic (exact) mass is 255 g/mol. The van der Waals surface area contributed by atoms with Gasteiger partial charge in [0.2, 0.25) is 5.95 Å². The van der Waals surface area contributed by atoms with Crippen molar-refractivity contribution in [2.75, 3.05) is 5.73 Å². The molecule has 0 saturated heterocycles. The number of nitrogens with zero attached hydrogens (tertiary/aromatic N) is 2. The van der Waals surface area contributed by atoms with E-state index in [1.165, 1.54) is 6.07 Å². The van der Waals surface area contributed by atoms with E-state index < -0.39 is 0 Å². The molecule has 2 N–H and O–H groups in total. The van der Waals surface area contributed by atoms with Gasteiger partial charge < -0.3 is 5.73 Å². The minimum absolute atomic E-state index is 0.296. The highest BCUT2D eigenvalue weighted by Crippen LogP contribution is 2.26. The van der Waals surface area contributed by atoms with Gasteiger partial charge in [0.1, 0.15) is 5.82 Å². The van der Waals surface area contributed by atoms with Crippen LogP contribution in [0.1, 0.15) is 11.1 Å². The van der Waals surface area contributed by atoms with Crippen molar-refractivity contribution in [1.29, 1.82) is 0 Å². The number of halogens is 1. The van der Waals surface area contributed by atoms with Crippen molar-refractivity contribution >= 4 is 17.0 Å². The van der Waals surface area contributed by atoms with Crippen LogP contribution in [0, 0.1) is 19.7 Å². The number of benzene rings is 2. The number of aryl methyl sites for hydroxylation is 2. The molecule has 0 amide bonds. The maximum atomic E-state index is 14.0. The minimum Gasteiger partial charge on any atom is -0.369 e. The number of fused-ring (bicyclic) bond motifs is 1. The Kier molecular flexibility index (Phi) is 2.52. The number of anilines is 1. The number of hydrogen-bond donors (Lipinski definition) is 1. The van der Waals surface area contributed by atoms with E-state index in [0.717, 1.165) is 22.2 Å². The molecule has 0 unspecified atom stereocenters. The van der Waals surface area contributed by atoms with Crippen molar-refractivity contribution in [1.82, 2.24) is 9.55 Å². The fraction of sp³-hybridized carbons (Fsp3) is 0.133. The van der Waals surface area contributed by atoms with Crippen LogP contribution in [0.15, 0.2) is 36.4 Å². The zero-order valence-corrected chi connectivity index (χ0v) is 10.8. The van der Waals surface area contributed by atoms with Gasteiger partial charge in [-0.3, -0.25) is 4.57 Å². The molecule has 19 heavy (non-hydrogen) atoms. The lowest BCUT2D eigenvalue weighted by molar-refractivity contribution is 0.619. The topological polar surface area (TPSA) is 43.8 Å². The lowest BCUT2D eigenvalue weighted by Gasteiger charge is -2.08. The van der Waals surface area contributed by atoms with E-state index in [-0.39, 0.29) is 5.82 Å². The molecular formula is C15H14FN3. The zero-order chi connectivity index (χ0) is 13.6. The Balaban J connectivity index is 2.36. The number of nitrogen functional groups attached to an aromatic ring is 1. The Morgan fingerprint density at radius 1 is 1.05 bits per heavy atom. The third kappa shape index (κ3) is 1.85. The highest BCUT2D eigenvalue weighted by Gasteiger charge is 2.13. The maximum absolute atomic E-state index is 14.0. The maximum Gasteiger partial charge on any atom is 0.206 e. The first-order valence-electron chi connectivity index (χ1n) is 6.07. The molecule has 0 fully saturated rings. The molecule has 0 saturated carbocycles. The molecule has 0 aliphatic carbocycles. The van der Waals surface area contributed by atoms with Crippen LogP contribution in [-0.2, 0) is 0 Å². The second-order valence-corrected chi connectivity index (χ2v) is 4.75. The Morgan fingerprint density at radius 2 is 1.74 bits per heavy atom. The number of nitrogens with two attached hydrogens (primary N) is 1. The van der Waals surface area contributed by atoms with Gasteiger partial charge in [-0.1, -0.05) is 12.1 Å². The molecule has 96 valence electrons. The van der Waals surface area contributed by atoms with Crippen LogP contribution >= 0.6 is 0 Å². The van der Waals surface area contributed by atoms with Crippen LogP contribution in [0.3, 0.4) is 0 Å². The second-order valence-electron chi connectivity index (χ2n) is 4.75. The zero-order valence-electron chi connectivity index (χ0n) is 10.8. The van der Waals surface area contributed by atoms with E-state index in [9.17, 15) is 4.39 Å². The van der Waals surface area contributed by atoms with Gasteiger partial charge in [0.15, 0.2) is 0 Å². The predicted molar refractivity (Wildman–Crippen MR) is 74.9 cm³/mol. The molecule has 3 aromatic rings. The molecule has 2 aromatic carbocycles. The number of aromatic nitrogens is 2. The molecule has 0 radical (unpaired) electrons. The van der Waals surface area contributed by atoms with Gasteiger partial charge in [0.05, 0.1) is 16.7 Å². The fourth-order valence-electron chi connectivity index (χ4n) is 2.26. The average Bonchev–Trinajstić information content (AvgIpc) is 2.67. The number of rotatable bonds is 1. The van der Waals surface area contributed by atoms with E-state index in [4.69, 9.17) is 5.73 Å². The molecule has 0 aliphatic heterocycles. The van der Waals surface area contributed by atoms with Crippen LogP contribution in [-0.4, -0.2) is 9.55 Å². The first-order valence-corrected chi connectivity index (χ1v) is 6.07. The van der Waals surface area contributed by atoms with Gasteiger partial charge in [0.25, 0.3) is 0 Å². The van der Waals surface area contributed by atoms with Crippen LogP contribution in [0.25, 0.3) is 16.7 Å². The summed E-state index contributed by atoms with van der Waals surface area (Å²) in [6.07, 6.45) is 0. The molecule has 3 nitrogen and oxygen atoms in total. The summed E-state index contributed by atoms with van der Waals surface area (Å²) in [6, 6.07) is 10.8. The molecule has 1 heterocycles. The Labute approximate surface area is 110 Å². The van der Waals surface area contributed by atoms with Crippen LogP contribution in [0.4, 0.5) is 10.3 Å². The molecule has 0 bridgehead atoms. The highest BCUT2D eigenvalue weighted by atomic mass is 19.1. The Bertz CT molecular complexity index is 774. The summed E-state index contributed by atoms with van der Waals surface area (Å²) >= 11 is 0. The van der Waals surface area contributed by atoms with E-state index in [1.54, 1.807) is 16.7 Å². The Morgan fingerprint density at radius 3 is 2.53 bits per heavy atom. The first-order chi connectivity index (χ1) is 9.06. The van der Waals surface area contributed by atoms with Gasteiger partial charge in [-0.25, -0.2) is 9.37 Å². The molecule has 4 heteroatoms. The average molecular weight is 255 g/mol. The molecular weight excluding hydrogens is 241 g/mol. The summed E-state index contributed by atoms with van der Waals surface area (Å²) in [6.45, 7) is 3.91. The van der Waals surface area contributed by atoms with Crippen molar-refractivity contribution in [2.24, 2.45) is 0 Å². The summed E-state index contributed by atoms with van der Waals surface area (Å²) < 4.78 is 15.7. The fourth-order valence-corrected chi connectivity index (χ4v) is 2.26. The van der Waals surface area contributed by atoms with Gasteiger partial charge in [-0.15, -0.1) is 0 Å².